The topological polar surface area (TPSA) is 112 Å². The smallest absolute Gasteiger partial charge is 0.368 e. The van der Waals surface area contributed by atoms with E-state index in [1.165, 1.54) is 35.2 Å². The highest BCUT2D eigenvalue weighted by molar-refractivity contribution is 7.99. The van der Waals surface area contributed by atoms with Crippen LogP contribution >= 0.6 is 11.8 Å². The molecule has 0 spiro atoms. The highest BCUT2D eigenvalue weighted by Crippen LogP contribution is 2.33. The number of alkyl halides is 3. The zero-order chi connectivity index (χ0) is 21.2. The van der Waals surface area contributed by atoms with E-state index in [0.29, 0.717) is 21.2 Å². The Morgan fingerprint density at radius 2 is 2.07 bits per heavy atom. The van der Waals surface area contributed by atoms with E-state index in [0.717, 1.165) is 24.0 Å². The van der Waals surface area contributed by atoms with Crippen molar-refractivity contribution in [2.24, 2.45) is 5.10 Å². The van der Waals surface area contributed by atoms with E-state index in [-0.39, 0.29) is 11.6 Å². The highest BCUT2D eigenvalue weighted by atomic mass is 32.2. The number of non-ortho nitro benzene ring substituents is 1. The number of aromatic nitrogens is 3. The Balaban J connectivity index is 1.93. The summed E-state index contributed by atoms with van der Waals surface area (Å²) in [5.74, 6) is 0.141. The molecule has 0 bridgehead atoms. The second-order valence-corrected chi connectivity index (χ2v) is 6.86. The zero-order valence-corrected chi connectivity index (χ0v) is 15.6. The van der Waals surface area contributed by atoms with Gasteiger partial charge < -0.3 is 5.73 Å². The van der Waals surface area contributed by atoms with Gasteiger partial charge in [-0.2, -0.15) is 18.3 Å². The first kappa shape index (κ1) is 20.3. The molecular formula is C17H13F3N6O2S. The molecule has 0 amide bonds. The van der Waals surface area contributed by atoms with E-state index in [9.17, 15) is 23.3 Å². The van der Waals surface area contributed by atoms with Crippen molar-refractivity contribution in [3.63, 3.8) is 0 Å². The van der Waals surface area contributed by atoms with E-state index in [1.54, 1.807) is 13.1 Å². The largest absolute Gasteiger partial charge is 0.417 e. The van der Waals surface area contributed by atoms with Crippen molar-refractivity contribution in [1.82, 2.24) is 14.6 Å². The molecule has 2 heterocycles. The molecule has 12 heteroatoms. The fourth-order valence-corrected chi connectivity index (χ4v) is 3.12. The zero-order valence-electron chi connectivity index (χ0n) is 14.8. The number of hydrogen-bond donors (Lipinski definition) is 1. The number of imidazole rings is 1. The predicted molar refractivity (Wildman–Crippen MR) is 101 cm³/mol. The lowest BCUT2D eigenvalue weighted by atomic mass is 10.2. The summed E-state index contributed by atoms with van der Waals surface area (Å²) in [7, 11) is 0. The number of nitrogen functional groups attached to an aromatic ring is 1. The second kappa shape index (κ2) is 7.91. The molecule has 150 valence electrons. The van der Waals surface area contributed by atoms with Crippen molar-refractivity contribution in [3.05, 3.63) is 69.7 Å². The molecule has 0 atom stereocenters. The molecule has 2 N–H and O–H groups in total. The van der Waals surface area contributed by atoms with Crippen LogP contribution in [-0.2, 0) is 6.18 Å². The van der Waals surface area contributed by atoms with Gasteiger partial charge in [0.05, 0.1) is 28.6 Å². The fraction of sp³-hybridized carbons (Fsp3) is 0.118. The van der Waals surface area contributed by atoms with Gasteiger partial charge in [-0.05, 0) is 25.1 Å². The first-order valence-electron chi connectivity index (χ1n) is 7.99. The third kappa shape index (κ3) is 4.90. The number of nitrogens with zero attached hydrogens (tertiary/aromatic N) is 5. The third-order valence-corrected chi connectivity index (χ3v) is 4.68. The van der Waals surface area contributed by atoms with Crippen LogP contribution in [-0.4, -0.2) is 25.8 Å². The van der Waals surface area contributed by atoms with Gasteiger partial charge in [-0.15, -0.1) is 0 Å². The Bertz CT molecular complexity index is 1080. The summed E-state index contributed by atoms with van der Waals surface area (Å²) in [4.78, 5) is 18.8. The number of nitro benzene ring substituents is 1. The van der Waals surface area contributed by atoms with Crippen LogP contribution in [0, 0.1) is 17.0 Å². The first-order valence-corrected chi connectivity index (χ1v) is 8.80. The standard InChI is InChI=1S/C17H13F3N6O2S/c1-10-9-25(16(21)24-10)23-7-11-6-13(26(27)28)3-4-14(11)29-15-5-2-12(8-22-15)17(18,19)20/h2-9H,1H3,(H2,21,24). The number of rotatable bonds is 5. The van der Waals surface area contributed by atoms with Crippen molar-refractivity contribution < 1.29 is 18.1 Å². The summed E-state index contributed by atoms with van der Waals surface area (Å²) in [6.07, 6.45) is -0.814. The number of benzene rings is 1. The normalized spacial score (nSPS) is 11.9. The molecular weight excluding hydrogens is 409 g/mol. The van der Waals surface area contributed by atoms with Crippen LogP contribution < -0.4 is 5.73 Å². The summed E-state index contributed by atoms with van der Waals surface area (Å²) >= 11 is 1.05. The lowest BCUT2D eigenvalue weighted by Crippen LogP contribution is -2.05. The maximum atomic E-state index is 12.7. The van der Waals surface area contributed by atoms with Gasteiger partial charge in [-0.1, -0.05) is 11.8 Å². The molecule has 3 aromatic rings. The second-order valence-electron chi connectivity index (χ2n) is 5.79. The highest BCUT2D eigenvalue weighted by Gasteiger charge is 2.30. The number of hydrogen-bond acceptors (Lipinski definition) is 7. The molecule has 0 aliphatic heterocycles. The molecule has 0 aliphatic carbocycles. The minimum absolute atomic E-state index is 0.141. The van der Waals surface area contributed by atoms with Gasteiger partial charge in [0.1, 0.15) is 5.03 Å². The van der Waals surface area contributed by atoms with E-state index in [1.807, 2.05) is 0 Å². The van der Waals surface area contributed by atoms with Crippen LogP contribution in [0.2, 0.25) is 0 Å². The number of anilines is 1. The van der Waals surface area contributed by atoms with Crippen LogP contribution in [0.5, 0.6) is 0 Å². The summed E-state index contributed by atoms with van der Waals surface area (Å²) < 4.78 is 39.3. The van der Waals surface area contributed by atoms with Crippen molar-refractivity contribution in [3.8, 4) is 0 Å². The van der Waals surface area contributed by atoms with Gasteiger partial charge in [0.15, 0.2) is 0 Å². The maximum Gasteiger partial charge on any atom is 0.417 e. The van der Waals surface area contributed by atoms with Gasteiger partial charge in [0, 0.05) is 28.8 Å². The Morgan fingerprint density at radius 1 is 1.31 bits per heavy atom. The minimum Gasteiger partial charge on any atom is -0.368 e. The minimum atomic E-state index is -4.48. The van der Waals surface area contributed by atoms with Gasteiger partial charge in [-0.3, -0.25) is 10.1 Å². The number of nitrogens with two attached hydrogens (primary N) is 1. The van der Waals surface area contributed by atoms with Crippen LogP contribution in [0.15, 0.2) is 57.7 Å². The van der Waals surface area contributed by atoms with Gasteiger partial charge in [0.2, 0.25) is 5.95 Å². The number of nitro groups is 1. The molecule has 0 unspecified atom stereocenters. The predicted octanol–water partition coefficient (Wildman–Crippen LogP) is 4.13. The monoisotopic (exact) mass is 422 g/mol. The van der Waals surface area contributed by atoms with Gasteiger partial charge in [-0.25, -0.2) is 14.6 Å². The maximum absolute atomic E-state index is 12.7. The molecule has 0 saturated heterocycles. The SMILES string of the molecule is Cc1cn(N=Cc2cc([N+](=O)[O-])ccc2Sc2ccc(C(F)(F)F)cn2)c(N)n1. The number of aryl methyl sites for hydroxylation is 1. The first-order chi connectivity index (χ1) is 13.6. The fourth-order valence-electron chi connectivity index (χ4n) is 2.29. The molecule has 0 radical (unpaired) electrons. The summed E-state index contributed by atoms with van der Waals surface area (Å²) in [6.45, 7) is 1.73. The van der Waals surface area contributed by atoms with Crippen LogP contribution in [0.1, 0.15) is 16.8 Å². The summed E-state index contributed by atoms with van der Waals surface area (Å²) in [6, 6.07) is 6.22. The summed E-state index contributed by atoms with van der Waals surface area (Å²) in [5, 5.41) is 15.5. The third-order valence-electron chi connectivity index (χ3n) is 3.64. The van der Waals surface area contributed by atoms with Crippen molar-refractivity contribution in [1.29, 1.82) is 0 Å². The molecule has 1 aromatic carbocycles. The Labute approximate surface area is 166 Å². The van der Waals surface area contributed by atoms with Gasteiger partial charge >= 0.3 is 6.18 Å². The molecule has 29 heavy (non-hydrogen) atoms. The quantitative estimate of drug-likeness (QED) is 0.376. The molecule has 0 aliphatic rings. The summed E-state index contributed by atoms with van der Waals surface area (Å²) in [5.41, 5.74) is 5.71. The van der Waals surface area contributed by atoms with E-state index in [2.05, 4.69) is 15.1 Å². The lowest BCUT2D eigenvalue weighted by Gasteiger charge is -2.08. The van der Waals surface area contributed by atoms with Gasteiger partial charge in [0.25, 0.3) is 5.69 Å². The molecule has 0 fully saturated rings. The van der Waals surface area contributed by atoms with Crippen LogP contribution in [0.25, 0.3) is 0 Å². The van der Waals surface area contributed by atoms with Crippen LogP contribution in [0.4, 0.5) is 24.8 Å². The van der Waals surface area contributed by atoms with E-state index < -0.39 is 16.7 Å². The lowest BCUT2D eigenvalue weighted by molar-refractivity contribution is -0.384. The number of halogens is 3. The molecule has 0 saturated carbocycles. The van der Waals surface area contributed by atoms with Crippen LogP contribution in [0.3, 0.4) is 0 Å². The van der Waals surface area contributed by atoms with Crippen molar-refractivity contribution in [2.75, 3.05) is 5.73 Å². The Morgan fingerprint density at radius 3 is 2.62 bits per heavy atom. The van der Waals surface area contributed by atoms with Crippen molar-refractivity contribution >= 4 is 29.6 Å². The molecule has 8 nitrogen and oxygen atoms in total. The number of pyridine rings is 1. The Kier molecular flexibility index (Phi) is 5.55. The Hall–Kier alpha value is -3.41. The van der Waals surface area contributed by atoms with E-state index >= 15 is 0 Å². The average Bonchev–Trinajstić information content (AvgIpc) is 2.97. The average molecular weight is 422 g/mol. The van der Waals surface area contributed by atoms with Crippen molar-refractivity contribution in [2.45, 2.75) is 23.0 Å². The molecule has 2 aromatic heterocycles. The molecule has 3 rings (SSSR count). The van der Waals surface area contributed by atoms with E-state index in [4.69, 9.17) is 5.73 Å².